The zero-order valence-corrected chi connectivity index (χ0v) is 8.13. The normalized spacial score (nSPS) is 3.06. The summed E-state index contributed by atoms with van der Waals surface area (Å²) in [6.07, 6.45) is 3.64. The molecule has 17 heavy (non-hydrogen) atoms. The molecule has 4 nitrogen and oxygen atoms in total. The third kappa shape index (κ3) is 41700. The summed E-state index contributed by atoms with van der Waals surface area (Å²) in [5.41, 5.74) is 0. The summed E-state index contributed by atoms with van der Waals surface area (Å²) >= 11 is 0. The second-order valence-electron chi connectivity index (χ2n) is 1.18. The summed E-state index contributed by atoms with van der Waals surface area (Å²) in [7, 11) is 0. The first kappa shape index (κ1) is 75.1. The highest BCUT2D eigenvalue weighted by Gasteiger charge is 1.56. The molecule has 0 radical (unpaired) electrons. The largest absolute Gasteiger partial charge is 0.724 e. The monoisotopic (exact) mass is 252 g/mol. The number of nitrogens with zero attached hydrogens (tertiary/aromatic N) is 2. The van der Waals surface area contributed by atoms with Crippen molar-refractivity contribution in [1.29, 1.82) is 0 Å². The van der Waals surface area contributed by atoms with Gasteiger partial charge in [-0.2, -0.15) is 0 Å². The van der Waals surface area contributed by atoms with E-state index in [1.54, 1.807) is 0 Å². The van der Waals surface area contributed by atoms with Crippen molar-refractivity contribution in [3.63, 3.8) is 0 Å². The Kier molecular flexibility index (Phi) is 1620. The minimum Gasteiger partial charge on any atom is -0.724 e. The minimum atomic E-state index is 0. The first-order valence-corrected chi connectivity index (χ1v) is 3.77. The maximum absolute atomic E-state index is 8.24. The van der Waals surface area contributed by atoms with Gasteiger partial charge in [-0.1, -0.05) is 77.7 Å². The highest BCUT2D eigenvalue weighted by Crippen LogP contribution is 1.76. The predicted octanol–water partition coefficient (Wildman–Crippen LogP) is 5.80. The molecule has 0 aromatic carbocycles. The lowest BCUT2D eigenvalue weighted by Crippen LogP contribution is -1.47. The van der Waals surface area contributed by atoms with Crippen LogP contribution in [0.15, 0.2) is 0 Å². The third-order valence-corrected chi connectivity index (χ3v) is 0.500. The topological polar surface area (TPSA) is 78.7 Å². The fourth-order valence-electron chi connectivity index (χ4n) is 0. The first-order valence-electron chi connectivity index (χ1n) is 3.77. The van der Waals surface area contributed by atoms with Crippen LogP contribution in [0.25, 0.3) is 10.8 Å². The molecular formula is C13H36N2O2-2. The van der Waals surface area contributed by atoms with Crippen LogP contribution in [0.2, 0.25) is 0 Å². The predicted molar refractivity (Wildman–Crippen MR) is 83.7 cm³/mol. The Morgan fingerprint density at radius 1 is 0.706 bits per heavy atom. The van der Waals surface area contributed by atoms with Crippen LogP contribution in [0.3, 0.4) is 0 Å². The molecule has 0 aromatic rings. The molecule has 0 unspecified atom stereocenters. The average molecular weight is 252 g/mol. The van der Waals surface area contributed by atoms with Crippen molar-refractivity contribution in [2.75, 3.05) is 0 Å². The zero-order chi connectivity index (χ0) is 10.8. The third-order valence-electron chi connectivity index (χ3n) is 0.500. The maximum atomic E-state index is 8.24. The van der Waals surface area contributed by atoms with E-state index < -0.39 is 0 Å². The van der Waals surface area contributed by atoms with Gasteiger partial charge in [-0.25, -0.2) is 0 Å². The minimum absolute atomic E-state index is 0. The van der Waals surface area contributed by atoms with Gasteiger partial charge in [0, 0.05) is 0 Å². The van der Waals surface area contributed by atoms with E-state index in [9.17, 15) is 0 Å². The highest BCUT2D eigenvalue weighted by molar-refractivity contribution is 5.37. The number of isocyanates is 2. The quantitative estimate of drug-likeness (QED) is 0.437. The molecule has 0 aliphatic rings. The second-order valence-corrected chi connectivity index (χ2v) is 1.18. The summed E-state index contributed by atoms with van der Waals surface area (Å²) in [6.45, 7) is 8.36. The highest BCUT2D eigenvalue weighted by atomic mass is 16.1. The van der Waals surface area contributed by atoms with Crippen molar-refractivity contribution >= 4 is 12.2 Å². The number of carbonyl (C=O) groups excluding carboxylic acids is 2. The van der Waals surface area contributed by atoms with Gasteiger partial charge in [-0.05, 0) is 12.2 Å². The lowest BCUT2D eigenvalue weighted by atomic mass is 10.4. The van der Waals surface area contributed by atoms with Crippen molar-refractivity contribution in [3.8, 4) is 0 Å². The fraction of sp³-hybridized carbons (Fsp3) is 0.846. The average Bonchev–Trinajstić information content (AvgIpc) is 2.10. The van der Waals surface area contributed by atoms with Crippen LogP contribution < -0.4 is 0 Å². The van der Waals surface area contributed by atoms with Crippen LogP contribution in [0.1, 0.15) is 77.7 Å². The van der Waals surface area contributed by atoms with Gasteiger partial charge in [0.15, 0.2) is 0 Å². The molecular weight excluding hydrogens is 216 g/mol. The Bertz CT molecular complexity index is 90.0. The second kappa shape index (κ2) is 367. The van der Waals surface area contributed by atoms with Crippen LogP contribution in [-0.4, -0.2) is 12.2 Å². The van der Waals surface area contributed by atoms with Gasteiger partial charge in [0.2, 0.25) is 0 Å². The van der Waals surface area contributed by atoms with Crippen LogP contribution >= 0.6 is 0 Å². The van der Waals surface area contributed by atoms with E-state index in [2.05, 4.69) is 13.8 Å². The summed E-state index contributed by atoms with van der Waals surface area (Å²) in [5, 5.41) is 13.5. The molecule has 0 heterocycles. The summed E-state index contributed by atoms with van der Waals surface area (Å²) < 4.78 is 0. The van der Waals surface area contributed by atoms with Crippen molar-refractivity contribution in [2.24, 2.45) is 0 Å². The summed E-state index contributed by atoms with van der Waals surface area (Å²) in [6, 6.07) is 0. The maximum Gasteiger partial charge on any atom is -0.0159 e. The van der Waals surface area contributed by atoms with Gasteiger partial charge in [0.25, 0.3) is 0 Å². The van der Waals surface area contributed by atoms with E-state index in [1.807, 2.05) is 13.8 Å². The Hall–Kier alpha value is -1.24. The smallest absolute Gasteiger partial charge is 0.0159 e. The molecule has 0 aromatic heterocycles. The van der Waals surface area contributed by atoms with Gasteiger partial charge in [0.05, 0.1) is 0 Å². The molecule has 0 N–H and O–H groups in total. The van der Waals surface area contributed by atoms with E-state index in [0.29, 0.717) is 12.2 Å². The molecule has 4 heteroatoms. The summed E-state index contributed by atoms with van der Waals surface area (Å²) in [5.74, 6) is 0. The van der Waals surface area contributed by atoms with E-state index in [0.717, 1.165) is 0 Å². The zero-order valence-electron chi connectivity index (χ0n) is 8.13. The van der Waals surface area contributed by atoms with Crippen LogP contribution in [0, 0.1) is 0 Å². The van der Waals surface area contributed by atoms with Crippen molar-refractivity contribution in [3.05, 3.63) is 10.8 Å². The molecule has 0 amide bonds. The molecule has 0 saturated carbocycles. The molecule has 0 atom stereocenters. The Morgan fingerprint density at radius 2 is 0.765 bits per heavy atom. The lowest BCUT2D eigenvalue weighted by molar-refractivity contribution is 0.568. The molecule has 0 fully saturated rings. The Labute approximate surface area is 111 Å². The van der Waals surface area contributed by atoms with Crippen molar-refractivity contribution < 1.29 is 9.59 Å². The van der Waals surface area contributed by atoms with Gasteiger partial charge >= 0.3 is 0 Å². The number of unbranched alkanes of at least 4 members (excludes halogenated alkanes) is 1. The van der Waals surface area contributed by atoms with Crippen molar-refractivity contribution in [2.45, 2.75) is 77.7 Å². The standard InChI is InChI=1S/C4H10.C2H6.2CNO.5CH4/c1-3-4-2;1-2;2*2-1-3;;;;;/h3-4H2,1-2H3;1-2H3;;;5*1H4/q;;2*-1;;;;;. The Balaban J connectivity index is -0.00000000666. The molecule has 0 aliphatic carbocycles. The number of hydrogen-bond acceptors (Lipinski definition) is 2. The van der Waals surface area contributed by atoms with E-state index in [-0.39, 0.29) is 37.1 Å². The van der Waals surface area contributed by atoms with Gasteiger partial charge < -0.3 is 10.8 Å². The fourth-order valence-corrected chi connectivity index (χ4v) is 0. The van der Waals surface area contributed by atoms with Crippen LogP contribution in [-0.2, 0) is 9.59 Å². The SMILES string of the molecule is C.C.C.C.C.CC.CCCC.[N-]=C=O.[N-]=C=O. The van der Waals surface area contributed by atoms with Gasteiger partial charge in [-0.3, -0.25) is 9.59 Å². The van der Waals surface area contributed by atoms with Crippen molar-refractivity contribution in [1.82, 2.24) is 0 Å². The van der Waals surface area contributed by atoms with Gasteiger partial charge in [0.1, 0.15) is 0 Å². The molecule has 112 valence electrons. The van der Waals surface area contributed by atoms with E-state index in [4.69, 9.17) is 20.4 Å². The van der Waals surface area contributed by atoms with Gasteiger partial charge in [-0.15, -0.1) is 0 Å². The first-order chi connectivity index (χ1) is 5.74. The Morgan fingerprint density at radius 3 is 0.765 bits per heavy atom. The summed E-state index contributed by atoms with van der Waals surface area (Å²) in [4.78, 5) is 16.5. The van der Waals surface area contributed by atoms with Crippen LogP contribution in [0.5, 0.6) is 0 Å². The molecule has 0 spiro atoms. The molecule has 0 saturated heterocycles. The molecule has 0 aliphatic heterocycles. The molecule has 0 rings (SSSR count). The van der Waals surface area contributed by atoms with E-state index in [1.165, 1.54) is 12.8 Å². The van der Waals surface area contributed by atoms with Crippen LogP contribution in [0.4, 0.5) is 0 Å². The number of rotatable bonds is 1. The molecule has 0 bridgehead atoms. The van der Waals surface area contributed by atoms with E-state index >= 15 is 0 Å². The number of hydrogen-bond donors (Lipinski definition) is 0. The lowest BCUT2D eigenvalue weighted by Gasteiger charge is -1.68.